The number of anilines is 1. The molecule has 0 radical (unpaired) electrons. The maximum Gasteiger partial charge on any atom is 0.162 e. The van der Waals surface area contributed by atoms with Gasteiger partial charge in [-0.2, -0.15) is 5.10 Å². The molecule has 4 heterocycles. The number of fused-ring (bicyclic) bond motifs is 2. The number of benzene rings is 2. The van der Waals surface area contributed by atoms with Crippen molar-refractivity contribution in [3.63, 3.8) is 0 Å². The summed E-state index contributed by atoms with van der Waals surface area (Å²) >= 11 is 0. The van der Waals surface area contributed by atoms with Crippen LogP contribution in [-0.2, 0) is 0 Å². The number of pyridine rings is 1. The van der Waals surface area contributed by atoms with E-state index in [1.165, 1.54) is 11.3 Å². The fraction of sp³-hybridized carbons (Fsp3) is 0.192. The molecule has 0 saturated carbocycles. The zero-order valence-corrected chi connectivity index (χ0v) is 18.0. The van der Waals surface area contributed by atoms with Crippen LogP contribution in [-0.4, -0.2) is 45.8 Å². The van der Waals surface area contributed by atoms with Crippen LogP contribution in [0.25, 0.3) is 38.8 Å². The van der Waals surface area contributed by atoms with Gasteiger partial charge in [-0.1, -0.05) is 24.3 Å². The maximum absolute atomic E-state index is 4.79. The summed E-state index contributed by atoms with van der Waals surface area (Å²) < 4.78 is 1.87. The van der Waals surface area contributed by atoms with Crippen LogP contribution < -0.4 is 10.2 Å². The molecule has 6 nitrogen and oxygen atoms in total. The maximum atomic E-state index is 4.79. The highest BCUT2D eigenvalue weighted by atomic mass is 15.2. The van der Waals surface area contributed by atoms with Gasteiger partial charge in [0, 0.05) is 67.0 Å². The Morgan fingerprint density at radius 2 is 1.69 bits per heavy atom. The molecule has 1 aliphatic heterocycles. The molecule has 2 aromatic carbocycles. The lowest BCUT2D eigenvalue weighted by atomic mass is 10.0. The number of rotatable bonds is 3. The molecule has 1 fully saturated rings. The first kappa shape index (κ1) is 19.0. The minimum absolute atomic E-state index is 0.847. The SMILES string of the molecule is Cc1ccc2c(-c3cnn4cc(-c5ccc(N6CCNCC6)cc5)cnc34)ccnc2c1. The van der Waals surface area contributed by atoms with E-state index in [9.17, 15) is 0 Å². The van der Waals surface area contributed by atoms with Crippen molar-refractivity contribution in [3.8, 4) is 22.3 Å². The fourth-order valence-electron chi connectivity index (χ4n) is 4.49. The lowest BCUT2D eigenvalue weighted by Gasteiger charge is -2.29. The van der Waals surface area contributed by atoms with E-state index in [1.54, 1.807) is 0 Å². The van der Waals surface area contributed by atoms with Crippen LogP contribution >= 0.6 is 0 Å². The largest absolute Gasteiger partial charge is 0.369 e. The Morgan fingerprint density at radius 1 is 0.844 bits per heavy atom. The second-order valence-electron chi connectivity index (χ2n) is 8.33. The molecule has 3 aromatic heterocycles. The Bertz CT molecular complexity index is 1410. The Morgan fingerprint density at radius 3 is 2.53 bits per heavy atom. The molecule has 0 aliphatic carbocycles. The minimum Gasteiger partial charge on any atom is -0.369 e. The molecule has 6 heteroatoms. The molecule has 6 rings (SSSR count). The normalized spacial score (nSPS) is 14.3. The van der Waals surface area contributed by atoms with Gasteiger partial charge in [-0.3, -0.25) is 4.98 Å². The van der Waals surface area contributed by atoms with Gasteiger partial charge in [0.1, 0.15) is 0 Å². The van der Waals surface area contributed by atoms with E-state index in [-0.39, 0.29) is 0 Å². The average Bonchev–Trinajstić information content (AvgIpc) is 3.27. The van der Waals surface area contributed by atoms with Crippen LogP contribution in [0.2, 0.25) is 0 Å². The number of hydrogen-bond acceptors (Lipinski definition) is 5. The Hall–Kier alpha value is -3.77. The summed E-state index contributed by atoms with van der Waals surface area (Å²) in [6.07, 6.45) is 7.75. The molecule has 0 spiro atoms. The number of aryl methyl sites for hydroxylation is 1. The van der Waals surface area contributed by atoms with Gasteiger partial charge < -0.3 is 10.2 Å². The van der Waals surface area contributed by atoms with Gasteiger partial charge in [0.05, 0.1) is 11.7 Å². The first-order chi connectivity index (χ1) is 15.8. The van der Waals surface area contributed by atoms with Gasteiger partial charge in [0.2, 0.25) is 0 Å². The molecule has 158 valence electrons. The number of piperazine rings is 1. The second kappa shape index (κ2) is 7.73. The molecule has 32 heavy (non-hydrogen) atoms. The van der Waals surface area contributed by atoms with Gasteiger partial charge in [-0.05, 0) is 47.9 Å². The van der Waals surface area contributed by atoms with E-state index in [2.05, 4.69) is 75.9 Å². The highest BCUT2D eigenvalue weighted by Crippen LogP contribution is 2.31. The zero-order valence-electron chi connectivity index (χ0n) is 18.0. The Labute approximate surface area is 186 Å². The van der Waals surface area contributed by atoms with Crippen molar-refractivity contribution < 1.29 is 0 Å². The molecule has 0 unspecified atom stereocenters. The van der Waals surface area contributed by atoms with E-state index in [4.69, 9.17) is 4.98 Å². The first-order valence-corrected chi connectivity index (χ1v) is 11.0. The summed E-state index contributed by atoms with van der Waals surface area (Å²) in [6.45, 7) is 6.26. The fourth-order valence-corrected chi connectivity index (χ4v) is 4.49. The van der Waals surface area contributed by atoms with E-state index in [1.807, 2.05) is 29.2 Å². The molecular weight excluding hydrogens is 396 g/mol. The lowest BCUT2D eigenvalue weighted by molar-refractivity contribution is 0.589. The third-order valence-electron chi connectivity index (χ3n) is 6.23. The van der Waals surface area contributed by atoms with E-state index >= 15 is 0 Å². The molecule has 1 N–H and O–H groups in total. The standard InChI is InChI=1S/C26H24N6/c1-18-2-7-23-22(8-9-28-25(23)14-18)24-16-30-32-17-20(15-29-26(24)32)19-3-5-21(6-4-19)31-12-10-27-11-13-31/h2-9,14-17,27H,10-13H2,1H3. The third kappa shape index (κ3) is 3.29. The number of nitrogens with one attached hydrogen (secondary N) is 1. The van der Waals surface area contributed by atoms with Crippen LogP contribution in [0.1, 0.15) is 5.56 Å². The summed E-state index contributed by atoms with van der Waals surface area (Å²) in [4.78, 5) is 11.7. The average molecular weight is 421 g/mol. The van der Waals surface area contributed by atoms with Gasteiger partial charge in [0.15, 0.2) is 5.65 Å². The van der Waals surface area contributed by atoms with Crippen molar-refractivity contribution in [1.82, 2.24) is 24.9 Å². The predicted molar refractivity (Wildman–Crippen MR) is 129 cm³/mol. The lowest BCUT2D eigenvalue weighted by Crippen LogP contribution is -2.43. The Balaban J connectivity index is 1.36. The Kier molecular flexibility index (Phi) is 4.58. The van der Waals surface area contributed by atoms with Gasteiger partial charge >= 0.3 is 0 Å². The highest BCUT2D eigenvalue weighted by molar-refractivity contribution is 5.97. The van der Waals surface area contributed by atoms with Crippen molar-refractivity contribution >= 4 is 22.2 Å². The monoisotopic (exact) mass is 420 g/mol. The zero-order chi connectivity index (χ0) is 21.5. The van der Waals surface area contributed by atoms with Crippen LogP contribution in [0.15, 0.2) is 73.3 Å². The van der Waals surface area contributed by atoms with Crippen molar-refractivity contribution in [1.29, 1.82) is 0 Å². The summed E-state index contributed by atoms with van der Waals surface area (Å²) in [6, 6.07) is 17.1. The van der Waals surface area contributed by atoms with Crippen LogP contribution in [0.3, 0.4) is 0 Å². The molecule has 0 bridgehead atoms. The van der Waals surface area contributed by atoms with E-state index in [0.29, 0.717) is 0 Å². The summed E-state index contributed by atoms with van der Waals surface area (Å²) in [5.41, 5.74) is 8.61. The molecule has 1 saturated heterocycles. The van der Waals surface area contributed by atoms with Crippen molar-refractivity contribution in [2.75, 3.05) is 31.1 Å². The van der Waals surface area contributed by atoms with Crippen molar-refractivity contribution in [2.45, 2.75) is 6.92 Å². The smallest absolute Gasteiger partial charge is 0.162 e. The number of nitrogens with zero attached hydrogens (tertiary/aromatic N) is 5. The molecule has 1 aliphatic rings. The first-order valence-electron chi connectivity index (χ1n) is 11.0. The molecule has 0 atom stereocenters. The van der Waals surface area contributed by atoms with Gasteiger partial charge in [0.25, 0.3) is 0 Å². The summed E-state index contributed by atoms with van der Waals surface area (Å²) in [5.74, 6) is 0. The van der Waals surface area contributed by atoms with Crippen molar-refractivity contribution in [3.05, 3.63) is 78.9 Å². The highest BCUT2D eigenvalue weighted by Gasteiger charge is 2.14. The molecule has 0 amide bonds. The third-order valence-corrected chi connectivity index (χ3v) is 6.23. The van der Waals surface area contributed by atoms with Crippen LogP contribution in [0.5, 0.6) is 0 Å². The second-order valence-corrected chi connectivity index (χ2v) is 8.33. The number of aromatic nitrogens is 4. The van der Waals surface area contributed by atoms with Crippen molar-refractivity contribution in [2.24, 2.45) is 0 Å². The molecule has 5 aromatic rings. The van der Waals surface area contributed by atoms with E-state index in [0.717, 1.165) is 65.0 Å². The number of hydrogen-bond donors (Lipinski definition) is 1. The van der Waals surface area contributed by atoms with E-state index < -0.39 is 0 Å². The van der Waals surface area contributed by atoms with Crippen LogP contribution in [0.4, 0.5) is 5.69 Å². The summed E-state index contributed by atoms with van der Waals surface area (Å²) in [7, 11) is 0. The molecular formula is C26H24N6. The predicted octanol–water partition coefficient (Wildman–Crippen LogP) is 4.33. The summed E-state index contributed by atoms with van der Waals surface area (Å²) in [5, 5.41) is 9.13. The van der Waals surface area contributed by atoms with Crippen LogP contribution in [0, 0.1) is 6.92 Å². The minimum atomic E-state index is 0.847. The topological polar surface area (TPSA) is 58.4 Å². The quantitative estimate of drug-likeness (QED) is 0.471. The van der Waals surface area contributed by atoms with Gasteiger partial charge in [-0.25, -0.2) is 9.50 Å². The van der Waals surface area contributed by atoms with Gasteiger partial charge in [-0.15, -0.1) is 0 Å².